The number of aromatic nitrogens is 6. The molecule has 0 radical (unpaired) electrons. The van der Waals surface area contributed by atoms with Gasteiger partial charge in [-0.15, -0.1) is 4.85 Å². The van der Waals surface area contributed by atoms with Crippen molar-refractivity contribution < 1.29 is 14.7 Å². The average Bonchev–Trinajstić information content (AvgIpc) is 3.13. The van der Waals surface area contributed by atoms with Gasteiger partial charge in [-0.3, -0.25) is 0 Å². The number of H-pyrrole nitrogens is 1. The Bertz CT molecular complexity index is 881. The SMILES string of the molecule is CC(C)Oc1cccc(-n2nn[nH]c2=O)c1COc1ccn(O)n1. The van der Waals surface area contributed by atoms with Gasteiger partial charge in [0.1, 0.15) is 12.4 Å². The minimum atomic E-state index is -0.474. The van der Waals surface area contributed by atoms with Crippen molar-refractivity contribution in [2.75, 3.05) is 0 Å². The van der Waals surface area contributed by atoms with E-state index in [4.69, 9.17) is 9.47 Å². The van der Waals surface area contributed by atoms with Crippen LogP contribution in [-0.4, -0.2) is 41.5 Å². The van der Waals surface area contributed by atoms with Crippen molar-refractivity contribution in [3.63, 3.8) is 0 Å². The number of rotatable bonds is 6. The molecule has 3 rings (SSSR count). The number of nitrogens with zero attached hydrogens (tertiary/aromatic N) is 5. The topological polar surface area (TPSA) is 120 Å². The fraction of sp³-hybridized carbons (Fsp3) is 0.286. The van der Waals surface area contributed by atoms with E-state index in [0.29, 0.717) is 21.8 Å². The lowest BCUT2D eigenvalue weighted by molar-refractivity contribution is 0.141. The second-order valence-corrected chi connectivity index (χ2v) is 5.20. The van der Waals surface area contributed by atoms with Gasteiger partial charge in [0.15, 0.2) is 0 Å². The Morgan fingerprint density at radius 1 is 1.33 bits per heavy atom. The van der Waals surface area contributed by atoms with Crippen molar-refractivity contribution in [2.45, 2.75) is 26.6 Å². The summed E-state index contributed by atoms with van der Waals surface area (Å²) in [7, 11) is 0. The Labute approximate surface area is 136 Å². The van der Waals surface area contributed by atoms with Gasteiger partial charge in [-0.1, -0.05) is 11.2 Å². The van der Waals surface area contributed by atoms with Gasteiger partial charge >= 0.3 is 5.69 Å². The number of benzene rings is 1. The molecule has 0 fully saturated rings. The van der Waals surface area contributed by atoms with Crippen molar-refractivity contribution in [1.29, 1.82) is 0 Å². The van der Waals surface area contributed by atoms with Gasteiger partial charge in [0.25, 0.3) is 0 Å². The van der Waals surface area contributed by atoms with Crippen LogP contribution in [0.4, 0.5) is 0 Å². The molecule has 0 aliphatic carbocycles. The van der Waals surface area contributed by atoms with Gasteiger partial charge in [-0.25, -0.2) is 9.89 Å². The van der Waals surface area contributed by atoms with Crippen LogP contribution in [-0.2, 0) is 6.61 Å². The predicted octanol–water partition coefficient (Wildman–Crippen LogP) is 0.756. The Balaban J connectivity index is 1.99. The third kappa shape index (κ3) is 3.21. The van der Waals surface area contributed by atoms with Gasteiger partial charge < -0.3 is 14.7 Å². The van der Waals surface area contributed by atoms with Crippen LogP contribution >= 0.6 is 0 Å². The Kier molecular flexibility index (Phi) is 4.18. The summed E-state index contributed by atoms with van der Waals surface area (Å²) in [6, 6.07) is 6.74. The summed E-state index contributed by atoms with van der Waals surface area (Å²) in [4.78, 5) is 12.5. The lowest BCUT2D eigenvalue weighted by Crippen LogP contribution is -2.19. The molecule has 0 spiro atoms. The van der Waals surface area contributed by atoms with E-state index < -0.39 is 5.69 Å². The highest BCUT2D eigenvalue weighted by molar-refractivity contribution is 5.49. The third-order valence-electron chi connectivity index (χ3n) is 3.09. The molecule has 10 heteroatoms. The van der Waals surface area contributed by atoms with Crippen molar-refractivity contribution in [3.05, 3.63) is 46.5 Å². The smallest absolute Gasteiger partial charge is 0.365 e. The van der Waals surface area contributed by atoms with Gasteiger partial charge in [0, 0.05) is 6.07 Å². The maximum Gasteiger partial charge on any atom is 0.365 e. The summed E-state index contributed by atoms with van der Waals surface area (Å²) in [5, 5.41) is 22.4. The molecule has 24 heavy (non-hydrogen) atoms. The number of tetrazole rings is 1. The zero-order chi connectivity index (χ0) is 17.1. The largest absolute Gasteiger partial charge is 0.491 e. The number of nitrogens with one attached hydrogen (secondary N) is 1. The summed E-state index contributed by atoms with van der Waals surface area (Å²) in [6.45, 7) is 3.86. The predicted molar refractivity (Wildman–Crippen MR) is 81.5 cm³/mol. The normalized spacial score (nSPS) is 11.0. The van der Waals surface area contributed by atoms with Crippen molar-refractivity contribution >= 4 is 0 Å². The van der Waals surface area contributed by atoms with E-state index in [1.165, 1.54) is 12.3 Å². The van der Waals surface area contributed by atoms with E-state index in [0.717, 1.165) is 4.68 Å². The highest BCUT2D eigenvalue weighted by Gasteiger charge is 2.16. The number of hydrogen-bond acceptors (Lipinski definition) is 7. The second-order valence-electron chi connectivity index (χ2n) is 5.20. The molecule has 0 saturated carbocycles. The molecule has 126 valence electrons. The zero-order valence-electron chi connectivity index (χ0n) is 13.1. The minimum Gasteiger partial charge on any atom is -0.491 e. The molecular formula is C14H16N6O4. The van der Waals surface area contributed by atoms with Crippen molar-refractivity contribution in [3.8, 4) is 17.3 Å². The van der Waals surface area contributed by atoms with Gasteiger partial charge in [-0.05, 0) is 36.4 Å². The van der Waals surface area contributed by atoms with Gasteiger partial charge in [-0.2, -0.15) is 4.68 Å². The first-order valence-electron chi connectivity index (χ1n) is 7.21. The van der Waals surface area contributed by atoms with E-state index >= 15 is 0 Å². The van der Waals surface area contributed by atoms with E-state index in [2.05, 4.69) is 20.6 Å². The van der Waals surface area contributed by atoms with E-state index in [-0.39, 0.29) is 18.6 Å². The summed E-state index contributed by atoms with van der Waals surface area (Å²) in [5.74, 6) is 0.788. The minimum absolute atomic E-state index is 0.0640. The monoisotopic (exact) mass is 332 g/mol. The van der Waals surface area contributed by atoms with Crippen molar-refractivity contribution in [2.24, 2.45) is 0 Å². The van der Waals surface area contributed by atoms with Crippen LogP contribution in [0.15, 0.2) is 35.3 Å². The first-order chi connectivity index (χ1) is 11.5. The molecule has 2 heterocycles. The molecular weight excluding hydrogens is 316 g/mol. The molecule has 10 nitrogen and oxygen atoms in total. The zero-order valence-corrected chi connectivity index (χ0v) is 13.1. The summed E-state index contributed by atoms with van der Waals surface area (Å²) < 4.78 is 12.5. The van der Waals surface area contributed by atoms with E-state index in [1.807, 2.05) is 13.8 Å². The maximum atomic E-state index is 11.8. The highest BCUT2D eigenvalue weighted by Crippen LogP contribution is 2.26. The van der Waals surface area contributed by atoms with E-state index in [9.17, 15) is 10.0 Å². The van der Waals surface area contributed by atoms with Crippen LogP contribution < -0.4 is 15.2 Å². The van der Waals surface area contributed by atoms with E-state index in [1.54, 1.807) is 18.2 Å². The van der Waals surface area contributed by atoms with Gasteiger partial charge in [0.05, 0.1) is 23.6 Å². The fourth-order valence-corrected chi connectivity index (χ4v) is 2.14. The molecule has 2 aromatic heterocycles. The van der Waals surface area contributed by atoms with Crippen LogP contribution in [0.5, 0.6) is 11.6 Å². The first kappa shape index (κ1) is 15.6. The molecule has 0 aliphatic rings. The van der Waals surface area contributed by atoms with Crippen LogP contribution in [0, 0.1) is 0 Å². The lowest BCUT2D eigenvalue weighted by atomic mass is 10.1. The molecule has 0 unspecified atom stereocenters. The lowest BCUT2D eigenvalue weighted by Gasteiger charge is -2.16. The molecule has 1 aromatic carbocycles. The van der Waals surface area contributed by atoms with Crippen molar-refractivity contribution in [1.82, 2.24) is 30.2 Å². The maximum absolute atomic E-state index is 11.8. The van der Waals surface area contributed by atoms with Crippen LogP contribution in [0.2, 0.25) is 0 Å². The summed E-state index contributed by atoms with van der Waals surface area (Å²) in [6.07, 6.45) is 1.28. The Morgan fingerprint density at radius 2 is 2.17 bits per heavy atom. The average molecular weight is 332 g/mol. The number of ether oxygens (including phenoxy) is 2. The third-order valence-corrected chi connectivity index (χ3v) is 3.09. The second kappa shape index (κ2) is 6.44. The molecule has 0 bridgehead atoms. The quantitative estimate of drug-likeness (QED) is 0.639. The van der Waals surface area contributed by atoms with Crippen LogP contribution in [0.25, 0.3) is 5.69 Å². The Hall–Kier alpha value is -3.30. The molecule has 0 atom stereocenters. The summed E-state index contributed by atoms with van der Waals surface area (Å²) >= 11 is 0. The molecule has 0 amide bonds. The van der Waals surface area contributed by atoms with Gasteiger partial charge in [0.2, 0.25) is 5.88 Å². The number of hydrogen-bond donors (Lipinski definition) is 2. The van der Waals surface area contributed by atoms with Crippen LogP contribution in [0.1, 0.15) is 19.4 Å². The fourth-order valence-electron chi connectivity index (χ4n) is 2.14. The molecule has 0 saturated heterocycles. The highest BCUT2D eigenvalue weighted by atomic mass is 16.5. The molecule has 3 aromatic rings. The Morgan fingerprint density at radius 3 is 2.79 bits per heavy atom. The standard InChI is InChI=1S/C14H16N6O4/c1-9(2)24-12-5-3-4-11(20-14(21)15-17-18-20)10(12)8-23-13-6-7-19(22)16-13/h3-7,9,22H,8H2,1-2H3,(H,15,18,21). The summed E-state index contributed by atoms with van der Waals surface area (Å²) in [5.41, 5.74) is 0.614. The first-order valence-corrected chi connectivity index (χ1v) is 7.21. The molecule has 0 aliphatic heterocycles. The number of aromatic amines is 1. The van der Waals surface area contributed by atoms with Crippen LogP contribution in [0.3, 0.4) is 0 Å². The molecule has 2 N–H and O–H groups in total.